The summed E-state index contributed by atoms with van der Waals surface area (Å²) in [7, 11) is 0. The van der Waals surface area contributed by atoms with Crippen molar-refractivity contribution < 1.29 is 0 Å². The molecule has 0 bridgehead atoms. The highest BCUT2D eigenvalue weighted by atomic mass is 79.9. The molecule has 2 heterocycles. The Labute approximate surface area is 159 Å². The van der Waals surface area contributed by atoms with Gasteiger partial charge in [0.1, 0.15) is 0 Å². The van der Waals surface area contributed by atoms with Gasteiger partial charge in [-0.1, -0.05) is 28.1 Å². The van der Waals surface area contributed by atoms with Gasteiger partial charge in [0.05, 0.1) is 17.9 Å². The van der Waals surface area contributed by atoms with E-state index in [-0.39, 0.29) is 0 Å². The first-order valence-electron chi connectivity index (χ1n) is 8.25. The molecule has 130 valence electrons. The van der Waals surface area contributed by atoms with Gasteiger partial charge in [-0.2, -0.15) is 9.90 Å². The number of aromatic nitrogens is 6. The number of tetrazole rings is 1. The van der Waals surface area contributed by atoms with Gasteiger partial charge < -0.3 is 0 Å². The lowest BCUT2D eigenvalue weighted by Crippen LogP contribution is -2.05. The molecular formula is C19H17BrN6. The topological polar surface area (TPSA) is 61.4 Å². The van der Waals surface area contributed by atoms with Crippen molar-refractivity contribution in [2.45, 2.75) is 20.4 Å². The lowest BCUT2D eigenvalue weighted by molar-refractivity contribution is 0.572. The van der Waals surface area contributed by atoms with E-state index in [0.717, 1.165) is 32.7 Å². The van der Waals surface area contributed by atoms with E-state index in [1.54, 1.807) is 4.80 Å². The molecule has 0 aliphatic rings. The van der Waals surface area contributed by atoms with E-state index < -0.39 is 0 Å². The Morgan fingerprint density at radius 3 is 2.31 bits per heavy atom. The number of nitrogens with zero attached hydrogens (tertiary/aromatic N) is 6. The Hall–Kier alpha value is -2.80. The molecule has 0 radical (unpaired) electrons. The van der Waals surface area contributed by atoms with Crippen LogP contribution in [0.25, 0.3) is 17.1 Å². The zero-order valence-electron chi connectivity index (χ0n) is 14.5. The van der Waals surface area contributed by atoms with E-state index >= 15 is 0 Å². The summed E-state index contributed by atoms with van der Waals surface area (Å²) >= 11 is 3.43. The molecule has 0 aliphatic heterocycles. The first-order chi connectivity index (χ1) is 12.6. The molecule has 0 atom stereocenters. The second kappa shape index (κ2) is 6.84. The van der Waals surface area contributed by atoms with Crippen molar-refractivity contribution in [1.82, 2.24) is 30.0 Å². The van der Waals surface area contributed by atoms with Crippen molar-refractivity contribution in [3.05, 3.63) is 76.0 Å². The molecule has 0 spiro atoms. The van der Waals surface area contributed by atoms with Crippen LogP contribution in [-0.2, 0) is 6.54 Å². The van der Waals surface area contributed by atoms with Gasteiger partial charge in [-0.05, 0) is 67.1 Å². The average Bonchev–Trinajstić information content (AvgIpc) is 3.22. The minimum absolute atomic E-state index is 0.570. The molecule has 0 N–H and O–H groups in total. The SMILES string of the molecule is Cc1cc(C)n(-c2ccc(Cn3nnc(-c4ccc(Br)cc4)n3)cc2)n1. The maximum Gasteiger partial charge on any atom is 0.204 e. The number of halogens is 1. The molecule has 4 aromatic rings. The Morgan fingerprint density at radius 2 is 1.65 bits per heavy atom. The van der Waals surface area contributed by atoms with E-state index in [1.807, 2.05) is 35.9 Å². The second-order valence-electron chi connectivity index (χ2n) is 6.16. The van der Waals surface area contributed by atoms with Crippen LogP contribution in [0.1, 0.15) is 17.0 Å². The summed E-state index contributed by atoms with van der Waals surface area (Å²) in [5.74, 6) is 0.622. The summed E-state index contributed by atoms with van der Waals surface area (Å²) < 4.78 is 2.97. The molecule has 0 amide bonds. The predicted octanol–water partition coefficient (Wildman–Crippen LogP) is 3.95. The number of aryl methyl sites for hydroxylation is 2. The fourth-order valence-corrected chi connectivity index (χ4v) is 3.09. The number of hydrogen-bond acceptors (Lipinski definition) is 4. The summed E-state index contributed by atoms with van der Waals surface area (Å²) in [6.45, 7) is 4.62. The zero-order valence-corrected chi connectivity index (χ0v) is 16.1. The first kappa shape index (κ1) is 16.7. The maximum atomic E-state index is 4.51. The molecule has 2 aromatic carbocycles. The van der Waals surface area contributed by atoms with Crippen molar-refractivity contribution in [3.63, 3.8) is 0 Å². The summed E-state index contributed by atoms with van der Waals surface area (Å²) in [6.07, 6.45) is 0. The van der Waals surface area contributed by atoms with E-state index in [9.17, 15) is 0 Å². The van der Waals surface area contributed by atoms with E-state index in [4.69, 9.17) is 0 Å². The van der Waals surface area contributed by atoms with Crippen molar-refractivity contribution >= 4 is 15.9 Å². The molecule has 0 saturated carbocycles. The highest BCUT2D eigenvalue weighted by Crippen LogP contribution is 2.18. The molecule has 7 heteroatoms. The van der Waals surface area contributed by atoms with Crippen LogP contribution in [0.5, 0.6) is 0 Å². The number of rotatable bonds is 4. The largest absolute Gasteiger partial charge is 0.238 e. The molecule has 6 nitrogen and oxygen atoms in total. The molecule has 0 aliphatic carbocycles. The van der Waals surface area contributed by atoms with Crippen molar-refractivity contribution in [3.8, 4) is 17.1 Å². The van der Waals surface area contributed by atoms with Gasteiger partial charge in [0, 0.05) is 15.7 Å². The van der Waals surface area contributed by atoms with Crippen molar-refractivity contribution in [2.75, 3.05) is 0 Å². The molecule has 26 heavy (non-hydrogen) atoms. The third-order valence-corrected chi connectivity index (χ3v) is 4.60. The summed E-state index contributed by atoms with van der Waals surface area (Å²) in [5, 5.41) is 17.3. The molecule has 4 rings (SSSR count). The van der Waals surface area contributed by atoms with Crippen molar-refractivity contribution in [2.24, 2.45) is 0 Å². The Bertz CT molecular complexity index is 1030. The fourth-order valence-electron chi connectivity index (χ4n) is 2.82. The third-order valence-electron chi connectivity index (χ3n) is 4.07. The highest BCUT2D eigenvalue weighted by molar-refractivity contribution is 9.10. The molecular weight excluding hydrogens is 392 g/mol. The van der Waals surface area contributed by atoms with Crippen LogP contribution >= 0.6 is 15.9 Å². The zero-order chi connectivity index (χ0) is 18.1. The minimum Gasteiger partial charge on any atom is -0.238 e. The summed E-state index contributed by atoms with van der Waals surface area (Å²) in [6, 6.07) is 18.2. The van der Waals surface area contributed by atoms with Gasteiger partial charge in [0.2, 0.25) is 5.82 Å². The molecule has 0 saturated heterocycles. The first-order valence-corrected chi connectivity index (χ1v) is 9.04. The van der Waals surface area contributed by atoms with Crippen LogP contribution in [0, 0.1) is 13.8 Å². The number of benzene rings is 2. The molecule has 0 fully saturated rings. The standard InChI is InChI=1S/C19H17BrN6/c1-13-11-14(2)26(22-13)18-9-3-15(4-10-18)12-25-23-19(21-24-25)16-5-7-17(20)8-6-16/h3-11H,12H2,1-2H3. The smallest absolute Gasteiger partial charge is 0.204 e. The Morgan fingerprint density at radius 1 is 0.923 bits per heavy atom. The van der Waals surface area contributed by atoms with Crippen LogP contribution in [-0.4, -0.2) is 30.0 Å². The van der Waals surface area contributed by atoms with E-state index in [2.05, 4.69) is 73.7 Å². The lowest BCUT2D eigenvalue weighted by atomic mass is 10.2. The van der Waals surface area contributed by atoms with Crippen LogP contribution < -0.4 is 0 Å². The van der Waals surface area contributed by atoms with E-state index in [0.29, 0.717) is 12.4 Å². The van der Waals surface area contributed by atoms with Gasteiger partial charge in [0.25, 0.3) is 0 Å². The summed E-state index contributed by atoms with van der Waals surface area (Å²) in [4.78, 5) is 1.61. The van der Waals surface area contributed by atoms with Crippen LogP contribution in [0.2, 0.25) is 0 Å². The number of hydrogen-bond donors (Lipinski definition) is 0. The van der Waals surface area contributed by atoms with Gasteiger partial charge in [-0.15, -0.1) is 10.2 Å². The van der Waals surface area contributed by atoms with Crippen LogP contribution in [0.3, 0.4) is 0 Å². The predicted molar refractivity (Wildman–Crippen MR) is 103 cm³/mol. The quantitative estimate of drug-likeness (QED) is 0.512. The monoisotopic (exact) mass is 408 g/mol. The maximum absolute atomic E-state index is 4.51. The second-order valence-corrected chi connectivity index (χ2v) is 7.07. The normalized spacial score (nSPS) is 11.0. The van der Waals surface area contributed by atoms with Gasteiger partial charge >= 0.3 is 0 Å². The average molecular weight is 409 g/mol. The third kappa shape index (κ3) is 3.43. The lowest BCUT2D eigenvalue weighted by Gasteiger charge is -2.06. The highest BCUT2D eigenvalue weighted by Gasteiger charge is 2.07. The molecule has 2 aromatic heterocycles. The fraction of sp³-hybridized carbons (Fsp3) is 0.158. The summed E-state index contributed by atoms with van der Waals surface area (Å²) in [5.41, 5.74) is 5.22. The Balaban J connectivity index is 1.51. The van der Waals surface area contributed by atoms with E-state index in [1.165, 1.54) is 0 Å². The van der Waals surface area contributed by atoms with Crippen LogP contribution in [0.15, 0.2) is 59.1 Å². The molecule has 0 unspecified atom stereocenters. The Kier molecular flexibility index (Phi) is 4.38. The minimum atomic E-state index is 0.570. The van der Waals surface area contributed by atoms with Gasteiger partial charge in [-0.25, -0.2) is 4.68 Å². The van der Waals surface area contributed by atoms with Gasteiger partial charge in [-0.3, -0.25) is 0 Å². The van der Waals surface area contributed by atoms with Crippen LogP contribution in [0.4, 0.5) is 0 Å². The van der Waals surface area contributed by atoms with Gasteiger partial charge in [0.15, 0.2) is 0 Å². The van der Waals surface area contributed by atoms with Crippen molar-refractivity contribution in [1.29, 1.82) is 0 Å².